The van der Waals surface area contributed by atoms with E-state index in [0.29, 0.717) is 19.8 Å². The van der Waals surface area contributed by atoms with Crippen LogP contribution in [0.5, 0.6) is 11.5 Å². The van der Waals surface area contributed by atoms with Gasteiger partial charge in [-0.3, -0.25) is 0 Å². The van der Waals surface area contributed by atoms with Gasteiger partial charge in [-0.15, -0.1) is 0 Å². The van der Waals surface area contributed by atoms with Gasteiger partial charge < -0.3 is 28.4 Å². The molecule has 1 aliphatic carbocycles. The number of epoxide rings is 3. The summed E-state index contributed by atoms with van der Waals surface area (Å²) < 4.78 is 33.7. The van der Waals surface area contributed by atoms with E-state index < -0.39 is 0 Å². The van der Waals surface area contributed by atoms with Gasteiger partial charge in [0.05, 0.1) is 19.8 Å². The topological polar surface area (TPSA) is 65.3 Å². The van der Waals surface area contributed by atoms with Crippen LogP contribution in [0.15, 0.2) is 96.8 Å². The summed E-state index contributed by atoms with van der Waals surface area (Å²) in [6, 6.07) is 26.3. The van der Waals surface area contributed by atoms with E-state index in [1.54, 1.807) is 0 Å². The van der Waals surface area contributed by atoms with Crippen LogP contribution < -0.4 is 9.47 Å². The Kier molecular flexibility index (Phi) is 8.00. The molecule has 0 saturated carbocycles. The van der Waals surface area contributed by atoms with Gasteiger partial charge in [0.25, 0.3) is 0 Å². The number of hydrogen-bond acceptors (Lipinski definition) is 6. The molecule has 0 amide bonds. The van der Waals surface area contributed by atoms with Crippen molar-refractivity contribution < 1.29 is 28.4 Å². The van der Waals surface area contributed by atoms with Crippen molar-refractivity contribution >= 4 is 0 Å². The molecule has 230 valence electrons. The summed E-state index contributed by atoms with van der Waals surface area (Å²) in [5.74, 6) is 2.94. The first kappa shape index (κ1) is 29.1. The smallest absolute Gasteiger partial charge is 0.119 e. The average molecular weight is 595 g/mol. The third-order valence-electron chi connectivity index (χ3n) is 9.56. The molecule has 0 spiro atoms. The van der Waals surface area contributed by atoms with Crippen LogP contribution in [-0.2, 0) is 29.8 Å². The van der Waals surface area contributed by atoms with Crippen molar-refractivity contribution in [2.24, 2.45) is 5.92 Å². The number of ether oxygens (including phenoxy) is 6. The van der Waals surface area contributed by atoms with Gasteiger partial charge in [0.1, 0.15) is 55.4 Å². The number of allylic oxidation sites excluding steroid dienone is 3. The monoisotopic (exact) mass is 594 g/mol. The Morgan fingerprint density at radius 2 is 1.00 bits per heavy atom. The molecule has 3 fully saturated rings. The average Bonchev–Trinajstić information content (AvgIpc) is 3.91. The van der Waals surface area contributed by atoms with Gasteiger partial charge in [-0.2, -0.15) is 0 Å². The molecule has 0 radical (unpaired) electrons. The van der Waals surface area contributed by atoms with Crippen LogP contribution >= 0.6 is 0 Å². The third-order valence-corrected chi connectivity index (χ3v) is 9.56. The second-order valence-corrected chi connectivity index (χ2v) is 13.1. The van der Waals surface area contributed by atoms with E-state index in [1.807, 2.05) is 0 Å². The predicted molar refractivity (Wildman–Crippen MR) is 169 cm³/mol. The van der Waals surface area contributed by atoms with Gasteiger partial charge in [-0.25, -0.2) is 0 Å². The summed E-state index contributed by atoms with van der Waals surface area (Å²) in [5, 5.41) is 0. The highest BCUT2D eigenvalue weighted by Gasteiger charge is 2.38. The Bertz CT molecular complexity index is 1480. The van der Waals surface area contributed by atoms with E-state index in [9.17, 15) is 0 Å². The summed E-state index contributed by atoms with van der Waals surface area (Å²) in [6.45, 7) is 11.1. The minimum atomic E-state index is -0.261. The molecule has 3 aromatic rings. The molecular formula is C38H42O6. The molecular weight excluding hydrogens is 552 g/mol. The van der Waals surface area contributed by atoms with Crippen LogP contribution in [0, 0.1) is 5.92 Å². The SMILES string of the molecule is CC(C)(c1ccc(OCC2CO2)cc1)c1ccc(C(C)(c2ccc(OCC3CO3)cc2)C2C=CC(OCC3CO3)=CC2)cc1. The molecule has 0 aromatic heterocycles. The second kappa shape index (κ2) is 12.1. The summed E-state index contributed by atoms with van der Waals surface area (Å²) in [6.07, 6.45) is 8.29. The fraction of sp³-hybridized carbons (Fsp3) is 0.421. The molecule has 5 unspecified atom stereocenters. The first-order chi connectivity index (χ1) is 21.4. The van der Waals surface area contributed by atoms with Gasteiger partial charge in [0.15, 0.2) is 0 Å². The van der Waals surface area contributed by atoms with Crippen LogP contribution in [-0.4, -0.2) is 58.0 Å². The van der Waals surface area contributed by atoms with Gasteiger partial charge in [0, 0.05) is 10.8 Å². The van der Waals surface area contributed by atoms with Gasteiger partial charge in [-0.1, -0.05) is 75.4 Å². The zero-order valence-corrected chi connectivity index (χ0v) is 25.9. The van der Waals surface area contributed by atoms with E-state index in [1.165, 1.54) is 22.3 Å². The quantitative estimate of drug-likeness (QED) is 0.193. The van der Waals surface area contributed by atoms with Gasteiger partial charge in [-0.05, 0) is 71.0 Å². The van der Waals surface area contributed by atoms with Crippen molar-refractivity contribution in [2.45, 2.75) is 56.3 Å². The van der Waals surface area contributed by atoms with E-state index in [4.69, 9.17) is 28.4 Å². The fourth-order valence-electron chi connectivity index (χ4n) is 6.06. The van der Waals surface area contributed by atoms with Crippen LogP contribution in [0.3, 0.4) is 0 Å². The maximum absolute atomic E-state index is 5.98. The lowest BCUT2D eigenvalue weighted by molar-refractivity contribution is 0.189. The zero-order chi connectivity index (χ0) is 30.1. The highest BCUT2D eigenvalue weighted by molar-refractivity contribution is 5.47. The number of benzene rings is 3. The molecule has 5 atom stereocenters. The molecule has 6 nitrogen and oxygen atoms in total. The first-order valence-electron chi connectivity index (χ1n) is 15.8. The number of hydrogen-bond donors (Lipinski definition) is 0. The Morgan fingerprint density at radius 1 is 0.591 bits per heavy atom. The van der Waals surface area contributed by atoms with Gasteiger partial charge in [0.2, 0.25) is 0 Å². The lowest BCUT2D eigenvalue weighted by atomic mass is 9.65. The molecule has 0 bridgehead atoms. The van der Waals surface area contributed by atoms with Crippen molar-refractivity contribution in [3.8, 4) is 11.5 Å². The fourth-order valence-corrected chi connectivity index (χ4v) is 6.06. The predicted octanol–water partition coefficient (Wildman–Crippen LogP) is 6.75. The molecule has 44 heavy (non-hydrogen) atoms. The van der Waals surface area contributed by atoms with E-state index in [2.05, 4.69) is 112 Å². The Balaban J connectivity index is 1.12. The molecule has 3 saturated heterocycles. The van der Waals surface area contributed by atoms with Crippen molar-refractivity contribution in [3.63, 3.8) is 0 Å². The highest BCUT2D eigenvalue weighted by Crippen LogP contribution is 2.44. The van der Waals surface area contributed by atoms with E-state index >= 15 is 0 Å². The molecule has 3 aliphatic heterocycles. The molecule has 0 N–H and O–H groups in total. The van der Waals surface area contributed by atoms with Crippen molar-refractivity contribution in [3.05, 3.63) is 119 Å². The lowest BCUT2D eigenvalue weighted by Gasteiger charge is -2.39. The molecule has 3 heterocycles. The first-order valence-corrected chi connectivity index (χ1v) is 15.8. The Hall–Kier alpha value is -3.58. The summed E-state index contributed by atoms with van der Waals surface area (Å²) >= 11 is 0. The van der Waals surface area contributed by atoms with Crippen molar-refractivity contribution in [2.75, 3.05) is 39.6 Å². The summed E-state index contributed by atoms with van der Waals surface area (Å²) in [4.78, 5) is 0. The van der Waals surface area contributed by atoms with Crippen molar-refractivity contribution in [1.29, 1.82) is 0 Å². The van der Waals surface area contributed by atoms with Crippen LogP contribution in [0.25, 0.3) is 0 Å². The maximum Gasteiger partial charge on any atom is 0.119 e. The Morgan fingerprint density at radius 3 is 1.43 bits per heavy atom. The maximum atomic E-state index is 5.98. The van der Waals surface area contributed by atoms with Crippen LogP contribution in [0.1, 0.15) is 49.4 Å². The minimum absolute atomic E-state index is 0.164. The summed E-state index contributed by atoms with van der Waals surface area (Å²) in [7, 11) is 0. The van der Waals surface area contributed by atoms with Crippen LogP contribution in [0.4, 0.5) is 0 Å². The molecule has 7 rings (SSSR count). The third kappa shape index (κ3) is 6.58. The molecule has 3 aromatic carbocycles. The van der Waals surface area contributed by atoms with E-state index in [-0.39, 0.29) is 35.1 Å². The van der Waals surface area contributed by atoms with Crippen molar-refractivity contribution in [1.82, 2.24) is 0 Å². The Labute approximate surface area is 260 Å². The standard InChI is InChI=1S/C38H42O6/c1-37(2,27-8-14-31(15-9-27)39-20-34-23-42-34)26-4-6-28(7-5-26)38(3,29-10-16-32(17-11-29)40-21-35-24-43-35)30-12-18-33(19-13-30)41-22-36-25-44-36/h4-12,14-19,30,34-36H,13,20-25H2,1-3H3. The number of rotatable bonds is 14. The normalized spacial score (nSPS) is 25.0. The molecule has 4 aliphatic rings. The minimum Gasteiger partial charge on any atom is -0.491 e. The largest absolute Gasteiger partial charge is 0.491 e. The van der Waals surface area contributed by atoms with E-state index in [0.717, 1.165) is 43.5 Å². The highest BCUT2D eigenvalue weighted by atomic mass is 16.6. The summed E-state index contributed by atoms with van der Waals surface area (Å²) in [5.41, 5.74) is 4.63. The lowest BCUT2D eigenvalue weighted by Crippen LogP contribution is -2.33. The van der Waals surface area contributed by atoms with Gasteiger partial charge >= 0.3 is 0 Å². The van der Waals surface area contributed by atoms with Crippen LogP contribution in [0.2, 0.25) is 0 Å². The molecule has 6 heteroatoms. The zero-order valence-electron chi connectivity index (χ0n) is 25.9. The second-order valence-electron chi connectivity index (χ2n) is 13.1.